The maximum Gasteiger partial charge on any atom is 0.241 e. The SMILES string of the molecule is CC(C)[C@H](N)C(=O)NCC(=O)N1CCC(C)(C(N)=O)C1. The number of rotatable bonds is 5. The molecule has 1 aliphatic heterocycles. The molecule has 0 bridgehead atoms. The van der Waals surface area contributed by atoms with Crippen molar-refractivity contribution in [1.29, 1.82) is 0 Å². The van der Waals surface area contributed by atoms with Crippen LogP contribution in [0.1, 0.15) is 27.2 Å². The summed E-state index contributed by atoms with van der Waals surface area (Å²) in [6.07, 6.45) is 0.549. The lowest BCUT2D eigenvalue weighted by Crippen LogP contribution is -2.48. The first-order chi connectivity index (χ1) is 9.17. The molecule has 20 heavy (non-hydrogen) atoms. The zero-order valence-corrected chi connectivity index (χ0v) is 12.3. The molecule has 1 heterocycles. The molecule has 1 saturated heterocycles. The third-order valence-corrected chi connectivity index (χ3v) is 3.86. The summed E-state index contributed by atoms with van der Waals surface area (Å²) in [6, 6.07) is -0.628. The molecule has 0 aromatic carbocycles. The second-order valence-electron chi connectivity index (χ2n) is 5.98. The fourth-order valence-electron chi connectivity index (χ4n) is 2.07. The molecule has 114 valence electrons. The van der Waals surface area contributed by atoms with Crippen LogP contribution in [0.4, 0.5) is 0 Å². The number of likely N-dealkylation sites (tertiary alicyclic amines) is 1. The minimum absolute atomic E-state index is 0.00930. The van der Waals surface area contributed by atoms with E-state index in [0.717, 1.165) is 0 Å². The Balaban J connectivity index is 2.46. The molecule has 3 amide bonds. The van der Waals surface area contributed by atoms with Crippen molar-refractivity contribution in [2.24, 2.45) is 22.8 Å². The summed E-state index contributed by atoms with van der Waals surface area (Å²) < 4.78 is 0. The Morgan fingerprint density at radius 2 is 1.95 bits per heavy atom. The van der Waals surface area contributed by atoms with Crippen molar-refractivity contribution >= 4 is 17.7 Å². The van der Waals surface area contributed by atoms with Crippen LogP contribution in [0.2, 0.25) is 0 Å². The van der Waals surface area contributed by atoms with E-state index in [1.54, 1.807) is 11.8 Å². The van der Waals surface area contributed by atoms with Gasteiger partial charge in [0.25, 0.3) is 0 Å². The van der Waals surface area contributed by atoms with Crippen LogP contribution in [0.3, 0.4) is 0 Å². The van der Waals surface area contributed by atoms with E-state index in [2.05, 4.69) is 5.32 Å². The third-order valence-electron chi connectivity index (χ3n) is 3.86. The molecule has 1 rings (SSSR count). The number of primary amides is 1. The van der Waals surface area contributed by atoms with Gasteiger partial charge >= 0.3 is 0 Å². The Morgan fingerprint density at radius 3 is 2.40 bits per heavy atom. The van der Waals surface area contributed by atoms with Crippen LogP contribution in [-0.4, -0.2) is 48.3 Å². The average molecular weight is 284 g/mol. The Hall–Kier alpha value is -1.63. The summed E-state index contributed by atoms with van der Waals surface area (Å²) in [5.41, 5.74) is 10.3. The van der Waals surface area contributed by atoms with E-state index in [-0.39, 0.29) is 24.3 Å². The average Bonchev–Trinajstić information content (AvgIpc) is 2.78. The van der Waals surface area contributed by atoms with Gasteiger partial charge in [-0.15, -0.1) is 0 Å². The Labute approximate surface area is 119 Å². The van der Waals surface area contributed by atoms with Gasteiger partial charge in [0.15, 0.2) is 0 Å². The van der Waals surface area contributed by atoms with Crippen molar-refractivity contribution in [3.8, 4) is 0 Å². The highest BCUT2D eigenvalue weighted by Gasteiger charge is 2.40. The summed E-state index contributed by atoms with van der Waals surface area (Å²) in [7, 11) is 0. The van der Waals surface area contributed by atoms with Crippen molar-refractivity contribution in [3.63, 3.8) is 0 Å². The van der Waals surface area contributed by atoms with E-state index in [1.807, 2.05) is 13.8 Å². The van der Waals surface area contributed by atoms with Crippen LogP contribution < -0.4 is 16.8 Å². The Kier molecular flexibility index (Phi) is 5.10. The molecule has 1 unspecified atom stereocenters. The van der Waals surface area contributed by atoms with Gasteiger partial charge in [0.05, 0.1) is 18.0 Å². The molecule has 7 nitrogen and oxygen atoms in total. The zero-order chi connectivity index (χ0) is 15.5. The highest BCUT2D eigenvalue weighted by molar-refractivity contribution is 5.88. The summed E-state index contributed by atoms with van der Waals surface area (Å²) >= 11 is 0. The van der Waals surface area contributed by atoms with E-state index < -0.39 is 17.4 Å². The molecule has 0 spiro atoms. The topological polar surface area (TPSA) is 119 Å². The molecule has 5 N–H and O–H groups in total. The summed E-state index contributed by atoms with van der Waals surface area (Å²) in [6.45, 7) is 6.09. The predicted molar refractivity (Wildman–Crippen MR) is 74.3 cm³/mol. The minimum atomic E-state index is -0.673. The van der Waals surface area contributed by atoms with Gasteiger partial charge in [0, 0.05) is 13.1 Å². The third kappa shape index (κ3) is 3.69. The molecule has 7 heteroatoms. The number of hydrogen-bond donors (Lipinski definition) is 3. The van der Waals surface area contributed by atoms with Gasteiger partial charge in [-0.2, -0.15) is 0 Å². The molecular weight excluding hydrogens is 260 g/mol. The lowest BCUT2D eigenvalue weighted by atomic mass is 9.89. The first kappa shape index (κ1) is 16.4. The van der Waals surface area contributed by atoms with Crippen molar-refractivity contribution < 1.29 is 14.4 Å². The van der Waals surface area contributed by atoms with Gasteiger partial charge in [-0.05, 0) is 19.3 Å². The molecule has 1 fully saturated rings. The molecule has 0 saturated carbocycles. The number of nitrogens with one attached hydrogen (secondary N) is 1. The maximum absolute atomic E-state index is 12.0. The van der Waals surface area contributed by atoms with Gasteiger partial charge < -0.3 is 21.7 Å². The number of carbonyl (C=O) groups excluding carboxylic acids is 3. The number of amides is 3. The molecule has 1 aliphatic rings. The summed E-state index contributed by atoms with van der Waals surface area (Å²) in [5.74, 6) is -0.960. The Morgan fingerprint density at radius 1 is 1.35 bits per heavy atom. The molecule has 0 radical (unpaired) electrons. The van der Waals surface area contributed by atoms with Crippen molar-refractivity contribution in [2.45, 2.75) is 33.2 Å². The minimum Gasteiger partial charge on any atom is -0.369 e. The fraction of sp³-hybridized carbons (Fsp3) is 0.769. The lowest BCUT2D eigenvalue weighted by Gasteiger charge is -2.22. The largest absolute Gasteiger partial charge is 0.369 e. The molecule has 0 aromatic rings. The van der Waals surface area contributed by atoms with Gasteiger partial charge in [-0.1, -0.05) is 13.8 Å². The van der Waals surface area contributed by atoms with Crippen LogP contribution in [0.5, 0.6) is 0 Å². The van der Waals surface area contributed by atoms with Crippen LogP contribution >= 0.6 is 0 Å². The fourth-order valence-corrected chi connectivity index (χ4v) is 2.07. The monoisotopic (exact) mass is 284 g/mol. The Bertz CT molecular complexity index is 410. The molecule has 0 aromatic heterocycles. The summed E-state index contributed by atoms with van der Waals surface area (Å²) in [4.78, 5) is 36.5. The first-order valence-electron chi connectivity index (χ1n) is 6.78. The normalized spacial score (nSPS) is 23.8. The maximum atomic E-state index is 12.0. The standard InChI is InChI=1S/C13H24N4O3/c1-8(2)10(14)11(19)16-6-9(18)17-5-4-13(3,7-17)12(15)20/h8,10H,4-7,14H2,1-3H3,(H2,15,20)(H,16,19)/t10-,13?/m0/s1. The van der Waals surface area contributed by atoms with Gasteiger partial charge in [-0.3, -0.25) is 14.4 Å². The first-order valence-corrected chi connectivity index (χ1v) is 6.78. The van der Waals surface area contributed by atoms with E-state index in [1.165, 1.54) is 0 Å². The number of nitrogens with two attached hydrogens (primary N) is 2. The number of hydrogen-bond acceptors (Lipinski definition) is 4. The quantitative estimate of drug-likeness (QED) is 0.588. The van der Waals surface area contributed by atoms with Crippen LogP contribution in [0.15, 0.2) is 0 Å². The lowest BCUT2D eigenvalue weighted by molar-refractivity contribution is -0.133. The van der Waals surface area contributed by atoms with Crippen molar-refractivity contribution in [1.82, 2.24) is 10.2 Å². The highest BCUT2D eigenvalue weighted by Crippen LogP contribution is 2.29. The van der Waals surface area contributed by atoms with Gasteiger partial charge in [0.2, 0.25) is 17.7 Å². The second kappa shape index (κ2) is 6.21. The van der Waals surface area contributed by atoms with Crippen molar-refractivity contribution in [3.05, 3.63) is 0 Å². The highest BCUT2D eigenvalue weighted by atomic mass is 16.2. The molecule has 0 aliphatic carbocycles. The zero-order valence-electron chi connectivity index (χ0n) is 12.3. The predicted octanol–water partition coefficient (Wildman–Crippen LogP) is -1.19. The van der Waals surface area contributed by atoms with Gasteiger partial charge in [0.1, 0.15) is 0 Å². The van der Waals surface area contributed by atoms with E-state index in [0.29, 0.717) is 19.5 Å². The van der Waals surface area contributed by atoms with Crippen LogP contribution in [0.25, 0.3) is 0 Å². The number of carbonyl (C=O) groups is 3. The smallest absolute Gasteiger partial charge is 0.241 e. The van der Waals surface area contributed by atoms with Crippen LogP contribution in [-0.2, 0) is 14.4 Å². The van der Waals surface area contributed by atoms with E-state index in [4.69, 9.17) is 11.5 Å². The van der Waals surface area contributed by atoms with Crippen LogP contribution in [0, 0.1) is 11.3 Å². The van der Waals surface area contributed by atoms with Gasteiger partial charge in [-0.25, -0.2) is 0 Å². The second-order valence-corrected chi connectivity index (χ2v) is 5.98. The summed E-state index contributed by atoms with van der Waals surface area (Å²) in [5, 5.41) is 2.53. The molecule has 2 atom stereocenters. The number of nitrogens with zero attached hydrogens (tertiary/aromatic N) is 1. The molecular formula is C13H24N4O3. The van der Waals surface area contributed by atoms with E-state index >= 15 is 0 Å². The van der Waals surface area contributed by atoms with Crippen molar-refractivity contribution in [2.75, 3.05) is 19.6 Å². The van der Waals surface area contributed by atoms with E-state index in [9.17, 15) is 14.4 Å².